The Labute approximate surface area is 129 Å². The van der Waals surface area contributed by atoms with Crippen LogP contribution in [0, 0.1) is 13.8 Å². The van der Waals surface area contributed by atoms with E-state index in [0.29, 0.717) is 19.0 Å². The zero-order valence-electron chi connectivity index (χ0n) is 13.3. The molecule has 0 aliphatic carbocycles. The maximum absolute atomic E-state index is 10.1. The van der Waals surface area contributed by atoms with Crippen LogP contribution >= 0.6 is 0 Å². The Bertz CT molecular complexity index is 626. The van der Waals surface area contributed by atoms with E-state index in [1.807, 2.05) is 20.9 Å². The number of aliphatic hydroxyl groups is 1. The SMILES string of the molecule is CN=C(NCc1c(C)noc1C)NCC(O)c1cnn(C)c1. The lowest BCUT2D eigenvalue weighted by Gasteiger charge is -2.14. The summed E-state index contributed by atoms with van der Waals surface area (Å²) in [5.41, 5.74) is 2.63. The molecule has 0 radical (unpaired) electrons. The van der Waals surface area contributed by atoms with Crippen LogP contribution in [0.3, 0.4) is 0 Å². The van der Waals surface area contributed by atoms with Gasteiger partial charge in [0, 0.05) is 44.5 Å². The molecule has 2 heterocycles. The van der Waals surface area contributed by atoms with E-state index in [-0.39, 0.29) is 0 Å². The minimum absolute atomic E-state index is 0.340. The second-order valence-corrected chi connectivity index (χ2v) is 5.07. The highest BCUT2D eigenvalue weighted by Crippen LogP contribution is 2.11. The van der Waals surface area contributed by atoms with Crippen LogP contribution in [0.1, 0.15) is 28.7 Å². The molecule has 0 saturated heterocycles. The molecule has 0 aliphatic heterocycles. The molecule has 0 fully saturated rings. The first-order chi connectivity index (χ1) is 10.5. The van der Waals surface area contributed by atoms with E-state index in [4.69, 9.17) is 4.52 Å². The van der Waals surface area contributed by atoms with Gasteiger partial charge in [0.05, 0.1) is 18.0 Å². The van der Waals surface area contributed by atoms with Gasteiger partial charge in [0.2, 0.25) is 0 Å². The number of nitrogens with one attached hydrogen (secondary N) is 2. The standard InChI is InChI=1S/C14H22N6O2/c1-9-12(10(2)22-19-9)6-16-14(15-3)17-7-13(21)11-5-18-20(4)8-11/h5,8,13,21H,6-7H2,1-4H3,(H2,15,16,17). The third-order valence-electron chi connectivity index (χ3n) is 3.41. The van der Waals surface area contributed by atoms with Crippen molar-refractivity contribution >= 4 is 5.96 Å². The Kier molecular flexibility index (Phi) is 5.16. The monoisotopic (exact) mass is 306 g/mol. The summed E-state index contributed by atoms with van der Waals surface area (Å²) in [6.45, 7) is 4.67. The van der Waals surface area contributed by atoms with Gasteiger partial charge in [-0.15, -0.1) is 0 Å². The fourth-order valence-electron chi connectivity index (χ4n) is 2.07. The van der Waals surface area contributed by atoms with E-state index in [2.05, 4.69) is 25.9 Å². The molecule has 0 bridgehead atoms. The van der Waals surface area contributed by atoms with Crippen LogP contribution in [0.15, 0.2) is 21.9 Å². The normalized spacial score (nSPS) is 13.2. The summed E-state index contributed by atoms with van der Waals surface area (Å²) in [5.74, 6) is 1.39. The second-order valence-electron chi connectivity index (χ2n) is 5.07. The Morgan fingerprint density at radius 3 is 2.77 bits per heavy atom. The van der Waals surface area contributed by atoms with Crippen LogP contribution in [-0.4, -0.2) is 39.6 Å². The van der Waals surface area contributed by atoms with Gasteiger partial charge in [-0.1, -0.05) is 5.16 Å². The third kappa shape index (κ3) is 3.85. The zero-order chi connectivity index (χ0) is 16.1. The van der Waals surface area contributed by atoms with Crippen LogP contribution in [0.5, 0.6) is 0 Å². The van der Waals surface area contributed by atoms with Gasteiger partial charge in [-0.2, -0.15) is 5.10 Å². The second kappa shape index (κ2) is 7.08. The summed E-state index contributed by atoms with van der Waals surface area (Å²) in [4.78, 5) is 4.13. The molecule has 2 aromatic heterocycles. The number of aliphatic imine (C=N–C) groups is 1. The number of aromatic nitrogens is 3. The van der Waals surface area contributed by atoms with E-state index in [1.54, 1.807) is 24.1 Å². The van der Waals surface area contributed by atoms with Crippen molar-refractivity contribution in [1.82, 2.24) is 25.6 Å². The van der Waals surface area contributed by atoms with E-state index >= 15 is 0 Å². The van der Waals surface area contributed by atoms with Gasteiger partial charge in [0.1, 0.15) is 5.76 Å². The molecule has 8 nitrogen and oxygen atoms in total. The van der Waals surface area contributed by atoms with Crippen molar-refractivity contribution in [2.24, 2.45) is 12.0 Å². The zero-order valence-corrected chi connectivity index (χ0v) is 13.3. The lowest BCUT2D eigenvalue weighted by molar-refractivity contribution is 0.180. The molecule has 1 unspecified atom stereocenters. The van der Waals surface area contributed by atoms with Crippen LogP contribution in [-0.2, 0) is 13.6 Å². The average molecular weight is 306 g/mol. The number of aryl methyl sites for hydroxylation is 3. The molecule has 8 heteroatoms. The smallest absolute Gasteiger partial charge is 0.191 e. The van der Waals surface area contributed by atoms with Crippen molar-refractivity contribution in [2.75, 3.05) is 13.6 Å². The minimum Gasteiger partial charge on any atom is -0.386 e. The predicted octanol–water partition coefficient (Wildman–Crippen LogP) is 0.424. The van der Waals surface area contributed by atoms with Gasteiger partial charge < -0.3 is 20.3 Å². The summed E-state index contributed by atoms with van der Waals surface area (Å²) in [5, 5.41) is 24.3. The molecule has 120 valence electrons. The molecule has 0 aliphatic rings. The van der Waals surface area contributed by atoms with Gasteiger partial charge in [-0.3, -0.25) is 9.67 Å². The van der Waals surface area contributed by atoms with Gasteiger partial charge in [-0.05, 0) is 13.8 Å². The Morgan fingerprint density at radius 1 is 1.45 bits per heavy atom. The van der Waals surface area contributed by atoms with Crippen LogP contribution in [0.4, 0.5) is 0 Å². The number of hydrogen-bond donors (Lipinski definition) is 3. The molecular formula is C14H22N6O2. The lowest BCUT2D eigenvalue weighted by Crippen LogP contribution is -2.39. The highest BCUT2D eigenvalue weighted by atomic mass is 16.5. The first-order valence-corrected chi connectivity index (χ1v) is 7.04. The fraction of sp³-hybridized carbons (Fsp3) is 0.500. The molecule has 2 aromatic rings. The van der Waals surface area contributed by atoms with Crippen molar-refractivity contribution in [3.8, 4) is 0 Å². The van der Waals surface area contributed by atoms with Crippen molar-refractivity contribution < 1.29 is 9.63 Å². The average Bonchev–Trinajstić information content (AvgIpc) is 3.06. The highest BCUT2D eigenvalue weighted by Gasteiger charge is 2.12. The van der Waals surface area contributed by atoms with Crippen LogP contribution in [0.25, 0.3) is 0 Å². The largest absolute Gasteiger partial charge is 0.386 e. The van der Waals surface area contributed by atoms with E-state index in [0.717, 1.165) is 22.6 Å². The lowest BCUT2D eigenvalue weighted by atomic mass is 10.2. The summed E-state index contributed by atoms with van der Waals surface area (Å²) in [6, 6.07) is 0. The molecule has 22 heavy (non-hydrogen) atoms. The van der Waals surface area contributed by atoms with E-state index in [9.17, 15) is 5.11 Å². The molecule has 0 aromatic carbocycles. The summed E-state index contributed by atoms with van der Waals surface area (Å²) in [7, 11) is 3.49. The highest BCUT2D eigenvalue weighted by molar-refractivity contribution is 5.79. The van der Waals surface area contributed by atoms with Crippen molar-refractivity contribution in [3.63, 3.8) is 0 Å². The summed E-state index contributed by atoms with van der Waals surface area (Å²) >= 11 is 0. The minimum atomic E-state index is -0.647. The topological polar surface area (TPSA) is 100 Å². The summed E-state index contributed by atoms with van der Waals surface area (Å²) in [6.07, 6.45) is 2.78. The van der Waals surface area contributed by atoms with Crippen LogP contribution < -0.4 is 10.6 Å². The number of rotatable bonds is 5. The molecule has 3 N–H and O–H groups in total. The third-order valence-corrected chi connectivity index (χ3v) is 3.41. The first kappa shape index (κ1) is 16.0. The molecule has 0 spiro atoms. The fourth-order valence-corrected chi connectivity index (χ4v) is 2.07. The van der Waals surface area contributed by atoms with Gasteiger partial charge in [0.15, 0.2) is 5.96 Å². The number of nitrogens with zero attached hydrogens (tertiary/aromatic N) is 4. The van der Waals surface area contributed by atoms with Crippen molar-refractivity contribution in [3.05, 3.63) is 35.0 Å². The number of hydrogen-bond acceptors (Lipinski definition) is 5. The molecule has 2 rings (SSSR count). The molecule has 1 atom stereocenters. The Morgan fingerprint density at radius 2 is 2.23 bits per heavy atom. The van der Waals surface area contributed by atoms with Gasteiger partial charge >= 0.3 is 0 Å². The Balaban J connectivity index is 1.85. The Hall–Kier alpha value is -2.35. The maximum Gasteiger partial charge on any atom is 0.191 e. The van der Waals surface area contributed by atoms with Crippen molar-refractivity contribution in [1.29, 1.82) is 0 Å². The van der Waals surface area contributed by atoms with Gasteiger partial charge in [-0.25, -0.2) is 0 Å². The maximum atomic E-state index is 10.1. The summed E-state index contributed by atoms with van der Waals surface area (Å²) < 4.78 is 6.78. The quantitative estimate of drug-likeness (QED) is 0.547. The van der Waals surface area contributed by atoms with Crippen LogP contribution in [0.2, 0.25) is 0 Å². The van der Waals surface area contributed by atoms with Crippen molar-refractivity contribution in [2.45, 2.75) is 26.5 Å². The van der Waals surface area contributed by atoms with Gasteiger partial charge in [0.25, 0.3) is 0 Å². The molecular weight excluding hydrogens is 284 g/mol. The number of aliphatic hydroxyl groups excluding tert-OH is 1. The van der Waals surface area contributed by atoms with E-state index < -0.39 is 6.10 Å². The number of guanidine groups is 1. The molecule has 0 saturated carbocycles. The molecule has 0 amide bonds. The van der Waals surface area contributed by atoms with E-state index in [1.165, 1.54) is 0 Å². The predicted molar refractivity (Wildman–Crippen MR) is 82.3 cm³/mol. The first-order valence-electron chi connectivity index (χ1n) is 7.04.